The minimum atomic E-state index is 0.0244. The topological polar surface area (TPSA) is 84.1 Å². The first-order valence-electron chi connectivity index (χ1n) is 8.96. The van der Waals surface area contributed by atoms with Gasteiger partial charge in [0.2, 0.25) is 5.91 Å². The second-order valence-corrected chi connectivity index (χ2v) is 7.54. The summed E-state index contributed by atoms with van der Waals surface area (Å²) in [4.78, 5) is 23.6. The molecule has 0 bridgehead atoms. The predicted molar refractivity (Wildman–Crippen MR) is 103 cm³/mol. The van der Waals surface area contributed by atoms with Gasteiger partial charge in [0.25, 0.3) is 0 Å². The zero-order valence-electron chi connectivity index (χ0n) is 14.7. The van der Waals surface area contributed by atoms with Crippen molar-refractivity contribution in [1.82, 2.24) is 15.3 Å². The average Bonchev–Trinajstić information content (AvgIpc) is 3.13. The Morgan fingerprint density at radius 1 is 1.27 bits per heavy atom. The first kappa shape index (κ1) is 17.2. The van der Waals surface area contributed by atoms with Crippen LogP contribution >= 0.6 is 11.6 Å². The van der Waals surface area contributed by atoms with Crippen molar-refractivity contribution in [3.05, 3.63) is 41.3 Å². The lowest BCUT2D eigenvalue weighted by atomic mass is 9.78. The van der Waals surface area contributed by atoms with E-state index in [1.165, 1.54) is 6.33 Å². The van der Waals surface area contributed by atoms with Crippen LogP contribution in [-0.4, -0.2) is 29.0 Å². The van der Waals surface area contributed by atoms with Crippen LogP contribution in [-0.2, 0) is 4.79 Å². The molecule has 1 fully saturated rings. The molecular formula is C19H22ClN5O. The molecule has 2 aliphatic rings. The van der Waals surface area contributed by atoms with Gasteiger partial charge >= 0.3 is 0 Å². The van der Waals surface area contributed by atoms with Crippen LogP contribution in [0.2, 0.25) is 5.02 Å². The second-order valence-electron chi connectivity index (χ2n) is 7.11. The zero-order valence-corrected chi connectivity index (χ0v) is 15.4. The number of nitrogens with two attached hydrogens (primary N) is 1. The molecule has 0 saturated carbocycles. The smallest absolute Gasteiger partial charge is 0.232 e. The van der Waals surface area contributed by atoms with Crippen molar-refractivity contribution >= 4 is 34.7 Å². The Bertz CT molecular complexity index is 819. The molecule has 4 rings (SSSR count). The van der Waals surface area contributed by atoms with E-state index in [-0.39, 0.29) is 17.7 Å². The molecule has 3 unspecified atom stereocenters. The predicted octanol–water partition coefficient (Wildman–Crippen LogP) is 3.11. The van der Waals surface area contributed by atoms with Gasteiger partial charge < -0.3 is 11.1 Å². The number of hydrogen-bond donors (Lipinski definition) is 2. The van der Waals surface area contributed by atoms with Crippen LogP contribution in [0.15, 0.2) is 30.6 Å². The van der Waals surface area contributed by atoms with E-state index >= 15 is 0 Å². The van der Waals surface area contributed by atoms with E-state index in [1.54, 1.807) is 17.0 Å². The lowest BCUT2D eigenvalue weighted by molar-refractivity contribution is -0.119. The number of nitrogens with one attached hydrogen (secondary N) is 1. The van der Waals surface area contributed by atoms with E-state index in [2.05, 4.69) is 22.2 Å². The summed E-state index contributed by atoms with van der Waals surface area (Å²) in [7, 11) is 0. The van der Waals surface area contributed by atoms with Crippen LogP contribution in [0.3, 0.4) is 0 Å². The van der Waals surface area contributed by atoms with Gasteiger partial charge in [-0.05, 0) is 55.6 Å². The monoisotopic (exact) mass is 371 g/mol. The Balaban J connectivity index is 1.84. The second kappa shape index (κ2) is 6.85. The molecule has 2 aromatic rings. The minimum absolute atomic E-state index is 0.0244. The summed E-state index contributed by atoms with van der Waals surface area (Å²) >= 11 is 6.02. The first-order chi connectivity index (χ1) is 12.6. The van der Waals surface area contributed by atoms with E-state index in [9.17, 15) is 4.79 Å². The third-order valence-corrected chi connectivity index (χ3v) is 5.88. The summed E-state index contributed by atoms with van der Waals surface area (Å²) in [6, 6.07) is 7.21. The van der Waals surface area contributed by atoms with Crippen molar-refractivity contribution < 1.29 is 4.79 Å². The van der Waals surface area contributed by atoms with Gasteiger partial charge in [-0.3, -0.25) is 9.69 Å². The highest BCUT2D eigenvalue weighted by Gasteiger charge is 2.40. The summed E-state index contributed by atoms with van der Waals surface area (Å²) in [6.07, 6.45) is 3.04. The summed E-state index contributed by atoms with van der Waals surface area (Å²) in [5, 5.41) is 4.03. The van der Waals surface area contributed by atoms with Crippen molar-refractivity contribution in [2.45, 2.75) is 25.7 Å². The van der Waals surface area contributed by atoms with Gasteiger partial charge in [-0.2, -0.15) is 0 Å². The quantitative estimate of drug-likeness (QED) is 0.847. The minimum Gasteiger partial charge on any atom is -0.382 e. The summed E-state index contributed by atoms with van der Waals surface area (Å²) < 4.78 is 0. The number of hydrogen-bond acceptors (Lipinski definition) is 5. The van der Waals surface area contributed by atoms with Gasteiger partial charge in [-0.1, -0.05) is 18.5 Å². The maximum atomic E-state index is 13.3. The van der Waals surface area contributed by atoms with E-state index in [0.29, 0.717) is 28.9 Å². The molecule has 136 valence electrons. The Morgan fingerprint density at radius 2 is 2.04 bits per heavy atom. The van der Waals surface area contributed by atoms with E-state index in [4.69, 9.17) is 17.3 Å². The number of carbonyl (C=O) groups is 1. The molecule has 1 aromatic heterocycles. The number of fused-ring (bicyclic) bond motifs is 1. The normalized spacial score (nSPS) is 25.8. The molecule has 26 heavy (non-hydrogen) atoms. The van der Waals surface area contributed by atoms with Crippen molar-refractivity contribution in [3.8, 4) is 0 Å². The van der Waals surface area contributed by atoms with Crippen molar-refractivity contribution in [1.29, 1.82) is 0 Å². The van der Waals surface area contributed by atoms with Crippen LogP contribution in [0.4, 0.5) is 17.2 Å². The molecule has 0 aliphatic carbocycles. The highest BCUT2D eigenvalue weighted by atomic mass is 35.5. The molecule has 1 amide bonds. The molecule has 2 aliphatic heterocycles. The fourth-order valence-electron chi connectivity index (χ4n) is 4.25. The number of amides is 1. The fourth-order valence-corrected chi connectivity index (χ4v) is 4.37. The van der Waals surface area contributed by atoms with Gasteiger partial charge in [0.15, 0.2) is 5.82 Å². The SMILES string of the molecule is CC1c2ncnc(N)c2N(c2ccc(Cl)cc2)C(=O)CC1C1CCNC1. The fraction of sp³-hybridized carbons (Fsp3) is 0.421. The Labute approximate surface area is 157 Å². The Hall–Kier alpha value is -2.18. The van der Waals surface area contributed by atoms with Gasteiger partial charge in [0.1, 0.15) is 12.0 Å². The highest BCUT2D eigenvalue weighted by molar-refractivity contribution is 6.30. The molecule has 3 heterocycles. The van der Waals surface area contributed by atoms with E-state index < -0.39 is 0 Å². The maximum Gasteiger partial charge on any atom is 0.232 e. The summed E-state index contributed by atoms with van der Waals surface area (Å²) in [6.45, 7) is 4.09. The Kier molecular flexibility index (Phi) is 4.54. The molecular weight excluding hydrogens is 350 g/mol. The van der Waals surface area contributed by atoms with Crippen LogP contribution in [0.5, 0.6) is 0 Å². The van der Waals surface area contributed by atoms with E-state index in [1.807, 2.05) is 12.1 Å². The largest absolute Gasteiger partial charge is 0.382 e. The maximum absolute atomic E-state index is 13.3. The van der Waals surface area contributed by atoms with Gasteiger partial charge in [0.05, 0.1) is 5.69 Å². The van der Waals surface area contributed by atoms with Crippen molar-refractivity contribution in [2.75, 3.05) is 23.7 Å². The average molecular weight is 372 g/mol. The van der Waals surface area contributed by atoms with Crippen molar-refractivity contribution in [3.63, 3.8) is 0 Å². The third kappa shape index (κ3) is 2.93. The zero-order chi connectivity index (χ0) is 18.3. The van der Waals surface area contributed by atoms with Gasteiger partial charge in [-0.15, -0.1) is 0 Å². The number of nitrogens with zero attached hydrogens (tertiary/aromatic N) is 3. The molecule has 6 nitrogen and oxygen atoms in total. The molecule has 0 spiro atoms. The number of benzene rings is 1. The molecule has 3 atom stereocenters. The lowest BCUT2D eigenvalue weighted by Gasteiger charge is -2.26. The van der Waals surface area contributed by atoms with E-state index in [0.717, 1.165) is 30.9 Å². The molecule has 3 N–H and O–H groups in total. The van der Waals surface area contributed by atoms with Gasteiger partial charge in [0, 0.05) is 23.0 Å². The summed E-state index contributed by atoms with van der Waals surface area (Å²) in [5.41, 5.74) is 8.40. The number of nitrogen functional groups attached to an aromatic ring is 1. The number of rotatable bonds is 2. The Morgan fingerprint density at radius 3 is 2.73 bits per heavy atom. The number of aromatic nitrogens is 2. The summed E-state index contributed by atoms with van der Waals surface area (Å²) in [5.74, 6) is 1.17. The van der Waals surface area contributed by atoms with Crippen LogP contribution in [0.25, 0.3) is 0 Å². The first-order valence-corrected chi connectivity index (χ1v) is 9.33. The molecule has 7 heteroatoms. The van der Waals surface area contributed by atoms with Crippen LogP contribution < -0.4 is 16.0 Å². The van der Waals surface area contributed by atoms with Crippen LogP contribution in [0, 0.1) is 11.8 Å². The van der Waals surface area contributed by atoms with Gasteiger partial charge in [-0.25, -0.2) is 9.97 Å². The highest BCUT2D eigenvalue weighted by Crippen LogP contribution is 2.45. The van der Waals surface area contributed by atoms with Crippen molar-refractivity contribution in [2.24, 2.45) is 11.8 Å². The number of halogens is 1. The van der Waals surface area contributed by atoms with Crippen LogP contribution in [0.1, 0.15) is 31.4 Å². The number of carbonyl (C=O) groups excluding carboxylic acids is 1. The third-order valence-electron chi connectivity index (χ3n) is 5.62. The lowest BCUT2D eigenvalue weighted by Crippen LogP contribution is -2.29. The standard InChI is InChI=1S/C19H22ClN5O/c1-11-15(12-6-7-22-9-12)8-16(26)25(14-4-2-13(20)3-5-14)18-17(11)23-10-24-19(18)21/h2-5,10-12,15,22H,6-9H2,1H3,(H2,21,23,24). The molecule has 1 aromatic carbocycles. The number of anilines is 3. The molecule has 1 saturated heterocycles. The molecule has 0 radical (unpaired) electrons.